The number of fused-ring (bicyclic) bond motifs is 1. The highest BCUT2D eigenvalue weighted by Gasteiger charge is 2.12. The van der Waals surface area contributed by atoms with Crippen molar-refractivity contribution in [3.8, 4) is 0 Å². The second-order valence-corrected chi connectivity index (χ2v) is 6.54. The summed E-state index contributed by atoms with van der Waals surface area (Å²) in [4.78, 5) is 29.1. The topological polar surface area (TPSA) is 81.8 Å². The summed E-state index contributed by atoms with van der Waals surface area (Å²) in [6, 6.07) is 5.58. The fourth-order valence-electron chi connectivity index (χ4n) is 3.06. The van der Waals surface area contributed by atoms with Crippen LogP contribution in [0.4, 0.5) is 5.69 Å². The first-order valence-electron chi connectivity index (χ1n) is 8.63. The Labute approximate surface area is 151 Å². The van der Waals surface area contributed by atoms with E-state index in [0.29, 0.717) is 24.8 Å². The van der Waals surface area contributed by atoms with Gasteiger partial charge in [0.25, 0.3) is 5.56 Å². The fraction of sp³-hybridized carbons (Fsp3) is 0.368. The predicted molar refractivity (Wildman–Crippen MR) is 101 cm³/mol. The van der Waals surface area contributed by atoms with E-state index in [-0.39, 0.29) is 11.5 Å². The molecule has 0 saturated heterocycles. The second-order valence-electron chi connectivity index (χ2n) is 6.54. The lowest BCUT2D eigenvalue weighted by Crippen LogP contribution is -2.22. The highest BCUT2D eigenvalue weighted by molar-refractivity contribution is 5.91. The van der Waals surface area contributed by atoms with Gasteiger partial charge in [-0.3, -0.25) is 18.8 Å². The average Bonchev–Trinajstić information content (AvgIpc) is 2.84. The van der Waals surface area contributed by atoms with E-state index in [0.717, 1.165) is 28.2 Å². The van der Waals surface area contributed by atoms with Gasteiger partial charge >= 0.3 is 0 Å². The molecule has 1 amide bonds. The lowest BCUT2D eigenvalue weighted by molar-refractivity contribution is -0.116. The molecule has 0 spiro atoms. The third kappa shape index (κ3) is 3.37. The minimum absolute atomic E-state index is 0.0712. The zero-order valence-electron chi connectivity index (χ0n) is 15.5. The van der Waals surface area contributed by atoms with Crippen molar-refractivity contribution in [1.82, 2.24) is 19.3 Å². The maximum atomic E-state index is 12.6. The van der Waals surface area contributed by atoms with Crippen LogP contribution >= 0.6 is 0 Å². The normalized spacial score (nSPS) is 11.1. The second kappa shape index (κ2) is 7.11. The minimum Gasteiger partial charge on any atom is -0.323 e. The van der Waals surface area contributed by atoms with E-state index in [1.165, 1.54) is 0 Å². The van der Waals surface area contributed by atoms with E-state index >= 15 is 0 Å². The van der Waals surface area contributed by atoms with Gasteiger partial charge in [0.05, 0.1) is 34.3 Å². The average molecular weight is 353 g/mol. The zero-order valence-corrected chi connectivity index (χ0v) is 15.5. The molecule has 0 aliphatic rings. The number of nitrogens with one attached hydrogen (secondary N) is 1. The largest absolute Gasteiger partial charge is 0.323 e. The van der Waals surface area contributed by atoms with Gasteiger partial charge in [-0.2, -0.15) is 5.10 Å². The van der Waals surface area contributed by atoms with E-state index in [9.17, 15) is 9.59 Å². The van der Waals surface area contributed by atoms with Crippen LogP contribution in [0.2, 0.25) is 0 Å². The highest BCUT2D eigenvalue weighted by Crippen LogP contribution is 2.18. The maximum Gasteiger partial charge on any atom is 0.261 e. The predicted octanol–water partition coefficient (Wildman–Crippen LogP) is 2.47. The van der Waals surface area contributed by atoms with E-state index in [2.05, 4.69) is 15.4 Å². The third-order valence-electron chi connectivity index (χ3n) is 4.63. The van der Waals surface area contributed by atoms with Crippen LogP contribution in [0.3, 0.4) is 0 Å². The molecular weight excluding hydrogens is 330 g/mol. The summed E-state index contributed by atoms with van der Waals surface area (Å²) in [5.41, 5.74) is 4.11. The van der Waals surface area contributed by atoms with Crippen molar-refractivity contribution in [1.29, 1.82) is 0 Å². The Morgan fingerprint density at radius 1 is 1.23 bits per heavy atom. The Morgan fingerprint density at radius 3 is 2.69 bits per heavy atom. The Morgan fingerprint density at radius 2 is 2.00 bits per heavy atom. The van der Waals surface area contributed by atoms with Crippen LogP contribution in [0.15, 0.2) is 29.3 Å². The molecule has 2 aromatic heterocycles. The van der Waals surface area contributed by atoms with E-state index in [1.807, 2.05) is 40.0 Å². The van der Waals surface area contributed by atoms with Gasteiger partial charge in [0.1, 0.15) is 0 Å². The van der Waals surface area contributed by atoms with E-state index in [4.69, 9.17) is 0 Å². The molecule has 0 aliphatic heterocycles. The highest BCUT2D eigenvalue weighted by atomic mass is 16.1. The fourth-order valence-corrected chi connectivity index (χ4v) is 3.06. The molecule has 0 saturated carbocycles. The summed E-state index contributed by atoms with van der Waals surface area (Å²) in [5, 5.41) is 7.81. The number of carbonyl (C=O) groups is 1. The van der Waals surface area contributed by atoms with Gasteiger partial charge in [0.2, 0.25) is 5.91 Å². The Hall–Kier alpha value is -2.96. The molecule has 1 aromatic carbocycles. The molecule has 0 bridgehead atoms. The van der Waals surface area contributed by atoms with Gasteiger partial charge < -0.3 is 5.32 Å². The number of hydrogen-bond donors (Lipinski definition) is 1. The monoisotopic (exact) mass is 353 g/mol. The van der Waals surface area contributed by atoms with E-state index in [1.54, 1.807) is 21.6 Å². The standard InChI is InChI=1S/C19H23N5O2/c1-12-7-5-8-15-17(12)20-11-24(19(15)26)10-6-9-16(25)21-18-13(2)22-23(4)14(18)3/h5,7-8,11H,6,9-10H2,1-4H3,(H,21,25). The van der Waals surface area contributed by atoms with Gasteiger partial charge in [-0.15, -0.1) is 0 Å². The Kier molecular flexibility index (Phi) is 4.88. The number of hydrogen-bond acceptors (Lipinski definition) is 4. The minimum atomic E-state index is -0.0816. The molecule has 2 heterocycles. The third-order valence-corrected chi connectivity index (χ3v) is 4.63. The Balaban J connectivity index is 1.65. The molecule has 136 valence electrons. The van der Waals surface area contributed by atoms with Crippen LogP contribution in [-0.2, 0) is 18.4 Å². The number of nitrogens with zero attached hydrogens (tertiary/aromatic N) is 4. The number of para-hydroxylation sites is 1. The zero-order chi connectivity index (χ0) is 18.8. The van der Waals surface area contributed by atoms with Crippen LogP contribution in [0, 0.1) is 20.8 Å². The van der Waals surface area contributed by atoms with Crippen LogP contribution in [-0.4, -0.2) is 25.2 Å². The summed E-state index contributed by atoms with van der Waals surface area (Å²) in [5.74, 6) is -0.0816. The van der Waals surface area contributed by atoms with Crippen molar-refractivity contribution in [2.24, 2.45) is 7.05 Å². The lowest BCUT2D eigenvalue weighted by Gasteiger charge is -2.08. The molecule has 7 heteroatoms. The van der Waals surface area contributed by atoms with Gasteiger partial charge in [0.15, 0.2) is 0 Å². The summed E-state index contributed by atoms with van der Waals surface area (Å²) in [6.07, 6.45) is 2.44. The molecule has 3 aromatic rings. The molecule has 0 radical (unpaired) electrons. The smallest absolute Gasteiger partial charge is 0.261 e. The van der Waals surface area contributed by atoms with Crippen LogP contribution in [0.5, 0.6) is 0 Å². The number of aryl methyl sites for hydroxylation is 4. The number of benzene rings is 1. The van der Waals surface area contributed by atoms with Crippen molar-refractivity contribution in [2.45, 2.75) is 40.2 Å². The molecule has 1 N–H and O–H groups in total. The molecule has 26 heavy (non-hydrogen) atoms. The van der Waals surface area contributed by atoms with Crippen LogP contribution in [0.25, 0.3) is 10.9 Å². The van der Waals surface area contributed by atoms with Crippen molar-refractivity contribution in [2.75, 3.05) is 5.32 Å². The molecule has 0 unspecified atom stereocenters. The molecule has 7 nitrogen and oxygen atoms in total. The van der Waals surface area contributed by atoms with Gasteiger partial charge in [-0.05, 0) is 38.8 Å². The van der Waals surface area contributed by atoms with Crippen molar-refractivity contribution in [3.05, 3.63) is 51.8 Å². The number of aromatic nitrogens is 4. The summed E-state index contributed by atoms with van der Waals surface area (Å²) in [7, 11) is 1.85. The first-order valence-corrected chi connectivity index (χ1v) is 8.63. The molecule has 0 aliphatic carbocycles. The maximum absolute atomic E-state index is 12.6. The number of rotatable bonds is 5. The van der Waals surface area contributed by atoms with Gasteiger partial charge in [0, 0.05) is 20.0 Å². The van der Waals surface area contributed by atoms with Crippen LogP contribution < -0.4 is 10.9 Å². The lowest BCUT2D eigenvalue weighted by atomic mass is 10.1. The van der Waals surface area contributed by atoms with Gasteiger partial charge in [-0.1, -0.05) is 12.1 Å². The number of anilines is 1. The summed E-state index contributed by atoms with van der Waals surface area (Å²) in [6.45, 7) is 6.17. The quantitative estimate of drug-likeness (QED) is 0.764. The van der Waals surface area contributed by atoms with Crippen LogP contribution in [0.1, 0.15) is 29.8 Å². The van der Waals surface area contributed by atoms with E-state index < -0.39 is 0 Å². The summed E-state index contributed by atoms with van der Waals surface area (Å²) < 4.78 is 3.31. The number of amides is 1. The first kappa shape index (κ1) is 17.8. The molecule has 0 fully saturated rings. The summed E-state index contributed by atoms with van der Waals surface area (Å²) >= 11 is 0. The first-order chi connectivity index (χ1) is 12.4. The molecular formula is C19H23N5O2. The van der Waals surface area contributed by atoms with Crippen molar-refractivity contribution in [3.63, 3.8) is 0 Å². The molecule has 3 rings (SSSR count). The number of carbonyl (C=O) groups excluding carboxylic acids is 1. The van der Waals surface area contributed by atoms with Crippen molar-refractivity contribution < 1.29 is 4.79 Å². The Bertz CT molecular complexity index is 1030. The van der Waals surface area contributed by atoms with Crippen molar-refractivity contribution >= 4 is 22.5 Å². The SMILES string of the molecule is Cc1nn(C)c(C)c1NC(=O)CCCn1cnc2c(C)cccc2c1=O. The van der Waals surface area contributed by atoms with Gasteiger partial charge in [-0.25, -0.2) is 4.98 Å². The molecule has 0 atom stereocenters.